The third kappa shape index (κ3) is 2.14. The van der Waals surface area contributed by atoms with Crippen LogP contribution in [0.4, 0.5) is 8.78 Å². The van der Waals surface area contributed by atoms with E-state index in [9.17, 15) is 13.6 Å². The molecule has 7 heteroatoms. The molecular formula is C15H14BrF2NO3. The van der Waals surface area contributed by atoms with E-state index in [2.05, 4.69) is 20.9 Å². The maximum Gasteiger partial charge on any atom is 0.305 e. The number of hydrogen-bond acceptors (Lipinski definition) is 3. The molecule has 1 unspecified atom stereocenters. The number of ether oxygens (including phenoxy) is 2. The lowest BCUT2D eigenvalue weighted by Crippen LogP contribution is -2.39. The van der Waals surface area contributed by atoms with Gasteiger partial charge < -0.3 is 14.5 Å². The third-order valence-corrected chi connectivity index (χ3v) is 4.64. The topological polar surface area (TPSA) is 51.3 Å². The lowest BCUT2D eigenvalue weighted by atomic mass is 9.98. The first-order chi connectivity index (χ1) is 10.4. The van der Waals surface area contributed by atoms with E-state index < -0.39 is 23.4 Å². The lowest BCUT2D eigenvalue weighted by Gasteiger charge is -2.35. The minimum absolute atomic E-state index is 0.175. The number of benzene rings is 1. The van der Waals surface area contributed by atoms with Gasteiger partial charge in [-0.25, -0.2) is 8.78 Å². The van der Waals surface area contributed by atoms with Crippen LogP contribution < -0.4 is 0 Å². The van der Waals surface area contributed by atoms with Crippen molar-refractivity contribution >= 4 is 32.8 Å². The fraction of sp³-hybridized carbons (Fsp3) is 0.400. The molecule has 1 aromatic heterocycles. The van der Waals surface area contributed by atoms with Gasteiger partial charge in [0, 0.05) is 24.8 Å². The van der Waals surface area contributed by atoms with Gasteiger partial charge in [-0.2, -0.15) is 0 Å². The van der Waals surface area contributed by atoms with Crippen LogP contribution in [0.5, 0.6) is 0 Å². The summed E-state index contributed by atoms with van der Waals surface area (Å²) in [6.07, 6.45) is 0.827. The summed E-state index contributed by atoms with van der Waals surface area (Å²) in [5.74, 6) is -3.16. The molecule has 1 aliphatic heterocycles. The van der Waals surface area contributed by atoms with Gasteiger partial charge in [-0.1, -0.05) is 6.92 Å². The number of aromatic nitrogens is 1. The molecule has 2 aromatic rings. The Morgan fingerprint density at radius 1 is 1.50 bits per heavy atom. The monoisotopic (exact) mass is 373 g/mol. The Labute approximate surface area is 133 Å². The number of carbonyl (C=O) groups is 1. The van der Waals surface area contributed by atoms with Crippen molar-refractivity contribution < 1.29 is 23.0 Å². The van der Waals surface area contributed by atoms with Crippen LogP contribution in [-0.4, -0.2) is 17.6 Å². The molecule has 22 heavy (non-hydrogen) atoms. The summed E-state index contributed by atoms with van der Waals surface area (Å²) in [4.78, 5) is 14.4. The van der Waals surface area contributed by atoms with Gasteiger partial charge in [0.15, 0.2) is 0 Å². The summed E-state index contributed by atoms with van der Waals surface area (Å²) in [6, 6.07) is 0.814. The minimum Gasteiger partial charge on any atom is -0.427 e. The summed E-state index contributed by atoms with van der Waals surface area (Å²) < 4.78 is 39.2. The highest BCUT2D eigenvalue weighted by atomic mass is 79.9. The SMILES string of the molecule is CCC1(OC(C)=O)OCCc2c1[nH]c1c(F)cc(F)c(Br)c21. The molecule has 0 spiro atoms. The zero-order valence-corrected chi connectivity index (χ0v) is 13.6. The van der Waals surface area contributed by atoms with E-state index in [0.29, 0.717) is 36.1 Å². The number of carbonyl (C=O) groups excluding carboxylic acids is 1. The van der Waals surface area contributed by atoms with Crippen molar-refractivity contribution in [3.8, 4) is 0 Å². The summed E-state index contributed by atoms with van der Waals surface area (Å²) >= 11 is 3.17. The van der Waals surface area contributed by atoms with Gasteiger partial charge in [0.2, 0.25) is 0 Å². The van der Waals surface area contributed by atoms with Gasteiger partial charge in [0.05, 0.1) is 22.3 Å². The maximum absolute atomic E-state index is 14.1. The van der Waals surface area contributed by atoms with Gasteiger partial charge in [0.25, 0.3) is 5.79 Å². The number of H-pyrrole nitrogens is 1. The predicted molar refractivity (Wildman–Crippen MR) is 79.3 cm³/mol. The zero-order valence-electron chi connectivity index (χ0n) is 12.1. The maximum atomic E-state index is 14.1. The number of rotatable bonds is 2. The Balaban J connectivity index is 2.32. The summed E-state index contributed by atoms with van der Waals surface area (Å²) in [7, 11) is 0. The lowest BCUT2D eigenvalue weighted by molar-refractivity contribution is -0.245. The molecule has 0 fully saturated rings. The van der Waals surface area contributed by atoms with E-state index in [-0.39, 0.29) is 9.99 Å². The Bertz CT molecular complexity index is 774. The van der Waals surface area contributed by atoms with Crippen molar-refractivity contribution in [3.63, 3.8) is 0 Å². The summed E-state index contributed by atoms with van der Waals surface area (Å²) in [5, 5.41) is 0.431. The molecule has 2 heterocycles. The van der Waals surface area contributed by atoms with Gasteiger partial charge in [-0.15, -0.1) is 0 Å². The molecular weight excluding hydrogens is 360 g/mol. The number of halogens is 3. The van der Waals surface area contributed by atoms with Crippen LogP contribution in [0.1, 0.15) is 31.5 Å². The zero-order chi connectivity index (χ0) is 16.1. The highest BCUT2D eigenvalue weighted by Crippen LogP contribution is 2.43. The van der Waals surface area contributed by atoms with E-state index in [0.717, 1.165) is 6.07 Å². The van der Waals surface area contributed by atoms with Gasteiger partial charge >= 0.3 is 5.97 Å². The van der Waals surface area contributed by atoms with Gasteiger partial charge in [0.1, 0.15) is 11.6 Å². The largest absolute Gasteiger partial charge is 0.427 e. The van der Waals surface area contributed by atoms with Crippen LogP contribution in [-0.2, 0) is 26.5 Å². The number of esters is 1. The fourth-order valence-corrected chi connectivity index (χ4v) is 3.51. The number of aromatic amines is 1. The summed E-state index contributed by atoms with van der Waals surface area (Å²) in [6.45, 7) is 3.38. The van der Waals surface area contributed by atoms with Crippen molar-refractivity contribution in [3.05, 3.63) is 33.4 Å². The second-order valence-electron chi connectivity index (χ2n) is 5.18. The standard InChI is InChI=1S/C15H14BrF2NO3/c1-3-15(22-7(2)20)14-8(4-5-21-15)11-12(16)9(17)6-10(18)13(11)19-14/h6,19H,3-5H2,1-2H3. The fourth-order valence-electron chi connectivity index (χ4n) is 2.96. The average Bonchev–Trinajstić information content (AvgIpc) is 2.86. The van der Waals surface area contributed by atoms with Crippen LogP contribution >= 0.6 is 15.9 Å². The highest BCUT2D eigenvalue weighted by Gasteiger charge is 2.43. The smallest absolute Gasteiger partial charge is 0.305 e. The van der Waals surface area contributed by atoms with E-state index in [4.69, 9.17) is 9.47 Å². The van der Waals surface area contributed by atoms with Crippen molar-refractivity contribution in [2.45, 2.75) is 32.5 Å². The van der Waals surface area contributed by atoms with Crippen molar-refractivity contribution in [1.82, 2.24) is 4.98 Å². The van der Waals surface area contributed by atoms with Crippen molar-refractivity contribution in [2.75, 3.05) is 6.61 Å². The van der Waals surface area contributed by atoms with Gasteiger partial charge in [-0.3, -0.25) is 4.79 Å². The Kier molecular flexibility index (Phi) is 3.72. The van der Waals surface area contributed by atoms with Crippen LogP contribution in [0.25, 0.3) is 10.9 Å². The minimum atomic E-state index is -1.29. The van der Waals surface area contributed by atoms with Crippen molar-refractivity contribution in [1.29, 1.82) is 0 Å². The summed E-state index contributed by atoms with van der Waals surface area (Å²) in [5.41, 5.74) is 1.35. The predicted octanol–water partition coefficient (Wildman–Crippen LogP) is 3.91. The molecule has 4 nitrogen and oxygen atoms in total. The molecule has 1 aliphatic rings. The van der Waals surface area contributed by atoms with Gasteiger partial charge in [-0.05, 0) is 27.9 Å². The van der Waals surface area contributed by atoms with E-state index >= 15 is 0 Å². The molecule has 0 aliphatic carbocycles. The number of nitrogens with one attached hydrogen (secondary N) is 1. The second kappa shape index (κ2) is 5.31. The Morgan fingerprint density at radius 3 is 2.86 bits per heavy atom. The number of hydrogen-bond donors (Lipinski definition) is 1. The average molecular weight is 374 g/mol. The molecule has 0 bridgehead atoms. The van der Waals surface area contributed by atoms with Crippen molar-refractivity contribution in [2.24, 2.45) is 0 Å². The second-order valence-corrected chi connectivity index (χ2v) is 5.97. The molecule has 0 saturated heterocycles. The first-order valence-electron chi connectivity index (χ1n) is 6.91. The van der Waals surface area contributed by atoms with Crippen LogP contribution in [0, 0.1) is 11.6 Å². The Morgan fingerprint density at radius 2 is 2.23 bits per heavy atom. The van der Waals surface area contributed by atoms with Crippen LogP contribution in [0.15, 0.2) is 10.5 Å². The molecule has 3 rings (SSSR count). The molecule has 0 amide bonds. The quantitative estimate of drug-likeness (QED) is 0.641. The third-order valence-electron chi connectivity index (χ3n) is 3.87. The first-order valence-corrected chi connectivity index (χ1v) is 7.71. The molecule has 0 radical (unpaired) electrons. The molecule has 1 aromatic carbocycles. The van der Waals surface area contributed by atoms with E-state index in [1.807, 2.05) is 0 Å². The molecule has 118 valence electrons. The molecule has 1 atom stereocenters. The molecule has 1 N–H and O–H groups in total. The van der Waals surface area contributed by atoms with Crippen LogP contribution in [0.3, 0.4) is 0 Å². The van der Waals surface area contributed by atoms with E-state index in [1.165, 1.54) is 6.92 Å². The van der Waals surface area contributed by atoms with Crippen LogP contribution in [0.2, 0.25) is 0 Å². The normalized spacial score (nSPS) is 21.0. The molecule has 0 saturated carbocycles. The Hall–Kier alpha value is -1.47. The first kappa shape index (κ1) is 15.4. The van der Waals surface area contributed by atoms with E-state index in [1.54, 1.807) is 6.92 Å². The number of fused-ring (bicyclic) bond motifs is 3. The highest BCUT2D eigenvalue weighted by molar-refractivity contribution is 9.10.